The predicted octanol–water partition coefficient (Wildman–Crippen LogP) is 4.90. The van der Waals surface area contributed by atoms with E-state index in [1.807, 2.05) is 11.3 Å². The van der Waals surface area contributed by atoms with E-state index in [1.165, 1.54) is 0 Å². The van der Waals surface area contributed by atoms with Gasteiger partial charge < -0.3 is 10.6 Å². The van der Waals surface area contributed by atoms with Gasteiger partial charge in [0.1, 0.15) is 18.2 Å². The number of hydrogen-bond acceptors (Lipinski definition) is 4. The van der Waals surface area contributed by atoms with Crippen LogP contribution in [0.25, 0.3) is 16.9 Å². The average molecular weight is 405 g/mol. The molecular formula is C19H18F3N5O2. The molecule has 3 rings (SSSR count). The normalized spacial score (nSPS) is 12.6. The highest BCUT2D eigenvalue weighted by atomic mass is 19.4. The molecule has 0 fully saturated rings. The molecule has 152 valence electrons. The van der Waals surface area contributed by atoms with E-state index in [4.69, 9.17) is 0 Å². The molecule has 1 unspecified atom stereocenters. The van der Waals surface area contributed by atoms with Crippen molar-refractivity contribution in [2.45, 2.75) is 25.6 Å². The van der Waals surface area contributed by atoms with Crippen LogP contribution in [-0.2, 0) is 0 Å². The fourth-order valence-corrected chi connectivity index (χ4v) is 2.90. The molecule has 0 aliphatic carbocycles. The Morgan fingerprint density at radius 1 is 1.28 bits per heavy atom. The molecule has 0 spiro atoms. The predicted molar refractivity (Wildman–Crippen MR) is 103 cm³/mol. The van der Waals surface area contributed by atoms with Crippen LogP contribution >= 0.6 is 0 Å². The third kappa shape index (κ3) is 4.89. The average Bonchev–Trinajstić information content (AvgIpc) is 3.10. The molecule has 0 radical (unpaired) electrons. The summed E-state index contributed by atoms with van der Waals surface area (Å²) in [5.74, 6) is 0. The van der Waals surface area contributed by atoms with E-state index in [0.717, 1.165) is 11.3 Å². The number of carbonyl (C=O) groups excluding carboxylic acids is 1. The van der Waals surface area contributed by atoms with Gasteiger partial charge in [-0.05, 0) is 36.2 Å². The fourth-order valence-electron chi connectivity index (χ4n) is 2.90. The number of urea groups is 1. The van der Waals surface area contributed by atoms with E-state index in [1.54, 1.807) is 54.1 Å². The van der Waals surface area contributed by atoms with Crippen molar-refractivity contribution in [2.24, 2.45) is 5.18 Å². The Hall–Kier alpha value is -3.43. The van der Waals surface area contributed by atoms with Crippen LogP contribution in [0.2, 0.25) is 0 Å². The van der Waals surface area contributed by atoms with Gasteiger partial charge >= 0.3 is 12.2 Å². The number of pyridine rings is 1. The number of nitrogens with zero attached hydrogens (tertiary/aromatic N) is 3. The Morgan fingerprint density at radius 3 is 2.76 bits per heavy atom. The van der Waals surface area contributed by atoms with E-state index in [0.29, 0.717) is 23.3 Å². The van der Waals surface area contributed by atoms with Gasteiger partial charge in [-0.25, -0.2) is 9.78 Å². The SMILES string of the molecule is CCC(N=O)c1ccn2c(-c3cccc(NC(=O)NCC(F)(F)F)c3)cnc2c1. The van der Waals surface area contributed by atoms with Gasteiger partial charge in [-0.1, -0.05) is 24.2 Å². The highest BCUT2D eigenvalue weighted by molar-refractivity contribution is 5.90. The molecule has 10 heteroatoms. The molecule has 2 aromatic heterocycles. The van der Waals surface area contributed by atoms with Gasteiger partial charge in [-0.2, -0.15) is 18.1 Å². The van der Waals surface area contributed by atoms with Crippen LogP contribution in [-0.4, -0.2) is 28.1 Å². The second-order valence-electron chi connectivity index (χ2n) is 6.36. The number of carbonyl (C=O) groups is 1. The van der Waals surface area contributed by atoms with Crippen LogP contribution in [0.4, 0.5) is 23.7 Å². The number of anilines is 1. The monoisotopic (exact) mass is 405 g/mol. The van der Waals surface area contributed by atoms with Crippen molar-refractivity contribution in [3.63, 3.8) is 0 Å². The summed E-state index contributed by atoms with van der Waals surface area (Å²) in [5.41, 5.74) is 3.16. The highest BCUT2D eigenvalue weighted by Gasteiger charge is 2.27. The zero-order chi connectivity index (χ0) is 21.0. The molecule has 0 bridgehead atoms. The van der Waals surface area contributed by atoms with E-state index in [-0.39, 0.29) is 0 Å². The van der Waals surface area contributed by atoms with Crippen molar-refractivity contribution >= 4 is 17.4 Å². The lowest BCUT2D eigenvalue weighted by molar-refractivity contribution is -0.122. The minimum Gasteiger partial charge on any atom is -0.329 e. The maximum absolute atomic E-state index is 12.2. The lowest BCUT2D eigenvalue weighted by Gasteiger charge is -2.11. The smallest absolute Gasteiger partial charge is 0.329 e. The minimum atomic E-state index is -4.48. The first-order chi connectivity index (χ1) is 13.8. The number of imidazole rings is 1. The fraction of sp³-hybridized carbons (Fsp3) is 0.263. The number of nitroso groups, excluding NO2 is 1. The Balaban J connectivity index is 1.82. The molecule has 2 amide bonds. The van der Waals surface area contributed by atoms with Gasteiger partial charge in [-0.15, -0.1) is 0 Å². The number of nitrogens with one attached hydrogen (secondary N) is 2. The number of hydrogen-bond donors (Lipinski definition) is 2. The third-order valence-corrected chi connectivity index (χ3v) is 4.30. The molecule has 1 atom stereocenters. The lowest BCUT2D eigenvalue weighted by atomic mass is 10.1. The minimum absolute atomic E-state index is 0.338. The lowest BCUT2D eigenvalue weighted by Crippen LogP contribution is -2.36. The second kappa shape index (κ2) is 8.29. The number of aromatic nitrogens is 2. The summed E-state index contributed by atoms with van der Waals surface area (Å²) in [7, 11) is 0. The number of alkyl halides is 3. The van der Waals surface area contributed by atoms with E-state index in [2.05, 4.69) is 15.5 Å². The first kappa shape index (κ1) is 20.3. The quantitative estimate of drug-likeness (QED) is 0.572. The summed E-state index contributed by atoms with van der Waals surface area (Å²) in [6.07, 6.45) is -0.490. The van der Waals surface area contributed by atoms with Crippen LogP contribution in [0.5, 0.6) is 0 Å². The second-order valence-corrected chi connectivity index (χ2v) is 6.36. The number of halogens is 3. The van der Waals surface area contributed by atoms with Crippen molar-refractivity contribution in [1.82, 2.24) is 14.7 Å². The summed E-state index contributed by atoms with van der Waals surface area (Å²) in [4.78, 5) is 26.9. The molecule has 0 saturated carbocycles. The number of fused-ring (bicyclic) bond motifs is 1. The van der Waals surface area contributed by atoms with Crippen LogP contribution in [0.1, 0.15) is 24.9 Å². The maximum atomic E-state index is 12.2. The molecule has 7 nitrogen and oxygen atoms in total. The van der Waals surface area contributed by atoms with E-state index in [9.17, 15) is 22.9 Å². The zero-order valence-electron chi connectivity index (χ0n) is 15.4. The standard InChI is InChI=1S/C19H18F3N5O2/c1-2-15(26-29)12-6-7-27-16(10-23-17(27)9-12)13-4-3-5-14(8-13)25-18(28)24-11-19(20,21)22/h3-10,15H,2,11H2,1H3,(H2,24,25,28). The van der Waals surface area contributed by atoms with Gasteiger partial charge in [-0.3, -0.25) is 4.40 Å². The Labute approximate surface area is 163 Å². The van der Waals surface area contributed by atoms with E-state index < -0.39 is 24.8 Å². The van der Waals surface area contributed by atoms with Crippen LogP contribution in [0, 0.1) is 4.91 Å². The van der Waals surface area contributed by atoms with Crippen LogP contribution < -0.4 is 10.6 Å². The van der Waals surface area contributed by atoms with Gasteiger partial charge in [0.2, 0.25) is 0 Å². The van der Waals surface area contributed by atoms with Gasteiger partial charge in [0.15, 0.2) is 0 Å². The molecule has 2 heterocycles. The topological polar surface area (TPSA) is 87.9 Å². The Bertz CT molecular complexity index is 1030. The van der Waals surface area contributed by atoms with Crippen molar-refractivity contribution in [3.05, 3.63) is 59.3 Å². The first-order valence-electron chi connectivity index (χ1n) is 8.82. The largest absolute Gasteiger partial charge is 0.405 e. The highest BCUT2D eigenvalue weighted by Crippen LogP contribution is 2.27. The summed E-state index contributed by atoms with van der Waals surface area (Å²) in [5, 5.41) is 7.25. The Kier molecular flexibility index (Phi) is 5.81. The molecular weight excluding hydrogens is 387 g/mol. The number of amides is 2. The molecule has 29 heavy (non-hydrogen) atoms. The van der Waals surface area contributed by atoms with Crippen molar-refractivity contribution < 1.29 is 18.0 Å². The van der Waals surface area contributed by atoms with Crippen molar-refractivity contribution in [1.29, 1.82) is 0 Å². The summed E-state index contributed by atoms with van der Waals surface area (Å²) in [6, 6.07) is 8.85. The molecule has 0 aliphatic heterocycles. The van der Waals surface area contributed by atoms with Gasteiger partial charge in [0.25, 0.3) is 0 Å². The molecule has 0 aliphatic rings. The molecule has 1 aromatic carbocycles. The summed E-state index contributed by atoms with van der Waals surface area (Å²) in [6.45, 7) is 0.457. The Morgan fingerprint density at radius 2 is 2.07 bits per heavy atom. The molecule has 3 aromatic rings. The molecule has 0 saturated heterocycles. The zero-order valence-corrected chi connectivity index (χ0v) is 15.4. The van der Waals surface area contributed by atoms with Gasteiger partial charge in [0.05, 0.1) is 11.9 Å². The van der Waals surface area contributed by atoms with E-state index >= 15 is 0 Å². The van der Waals surface area contributed by atoms with Crippen LogP contribution in [0.3, 0.4) is 0 Å². The van der Waals surface area contributed by atoms with Crippen molar-refractivity contribution in [2.75, 3.05) is 11.9 Å². The maximum Gasteiger partial charge on any atom is 0.405 e. The number of benzene rings is 1. The van der Waals surface area contributed by atoms with Crippen LogP contribution in [0.15, 0.2) is 54.0 Å². The summed E-state index contributed by atoms with van der Waals surface area (Å²) < 4.78 is 38.4. The molecule has 2 N–H and O–H groups in total. The first-order valence-corrected chi connectivity index (χ1v) is 8.82. The third-order valence-electron chi connectivity index (χ3n) is 4.30. The van der Waals surface area contributed by atoms with Gasteiger partial charge in [0, 0.05) is 17.4 Å². The summed E-state index contributed by atoms with van der Waals surface area (Å²) >= 11 is 0. The number of rotatable bonds is 6. The van der Waals surface area contributed by atoms with Crippen molar-refractivity contribution in [3.8, 4) is 11.3 Å².